The number of carbonyl (C=O) groups is 6. The molecule has 1 atom stereocenters. The van der Waals surface area contributed by atoms with Gasteiger partial charge in [-0.25, -0.2) is 9.37 Å². The number of piperidine rings is 1. The Balaban J connectivity index is 0.758. The molecule has 1 fully saturated rings. The second-order valence-electron chi connectivity index (χ2n) is 15.7. The zero-order chi connectivity index (χ0) is 47.3. The van der Waals surface area contributed by atoms with Crippen molar-refractivity contribution in [2.45, 2.75) is 44.6 Å². The lowest BCUT2D eigenvalue weighted by molar-refractivity contribution is -0.136. The maximum absolute atomic E-state index is 13.6. The van der Waals surface area contributed by atoms with Crippen molar-refractivity contribution in [3.63, 3.8) is 0 Å². The molecule has 0 aliphatic carbocycles. The van der Waals surface area contributed by atoms with Crippen LogP contribution in [-0.2, 0) is 46.2 Å². The van der Waals surface area contributed by atoms with E-state index in [4.69, 9.17) is 31.5 Å². The van der Waals surface area contributed by atoms with E-state index in [0.29, 0.717) is 71.2 Å². The first-order valence-electron chi connectivity index (χ1n) is 21.8. The molecule has 67 heavy (non-hydrogen) atoms. The van der Waals surface area contributed by atoms with E-state index in [1.54, 1.807) is 42.5 Å². The molecule has 350 valence electrons. The molecule has 19 heteroatoms. The number of fused-ring (bicyclic) bond motifs is 2. The van der Waals surface area contributed by atoms with Gasteiger partial charge in [0, 0.05) is 48.1 Å². The van der Waals surface area contributed by atoms with Gasteiger partial charge < -0.3 is 35.6 Å². The van der Waals surface area contributed by atoms with Crippen molar-refractivity contribution >= 4 is 75.4 Å². The number of aryl methyl sites for hydroxylation is 2. The van der Waals surface area contributed by atoms with Gasteiger partial charge in [0.1, 0.15) is 18.5 Å². The number of nitrogens with one attached hydrogen (secondary N) is 5. The number of amides is 6. The van der Waals surface area contributed by atoms with Gasteiger partial charge in [-0.2, -0.15) is 0 Å². The summed E-state index contributed by atoms with van der Waals surface area (Å²) >= 11 is 6.12. The van der Waals surface area contributed by atoms with Crippen LogP contribution in [0.25, 0.3) is 16.7 Å². The summed E-state index contributed by atoms with van der Waals surface area (Å²) in [5.74, 6) is -3.18. The number of carbonyl (C=O) groups excluding carboxylic acids is 6. The molecule has 7 N–H and O–H groups in total. The van der Waals surface area contributed by atoms with E-state index in [1.165, 1.54) is 18.2 Å². The van der Waals surface area contributed by atoms with Crippen molar-refractivity contribution in [1.82, 2.24) is 25.5 Å². The molecule has 3 heterocycles. The van der Waals surface area contributed by atoms with Crippen molar-refractivity contribution in [2.24, 2.45) is 5.73 Å². The number of hydrogen-bond acceptors (Lipinski definition) is 12. The number of anilines is 2. The quantitative estimate of drug-likeness (QED) is 0.0291. The number of nitrogens with two attached hydrogens (primary N) is 1. The summed E-state index contributed by atoms with van der Waals surface area (Å²) in [6, 6.07) is 22.7. The maximum Gasteiger partial charge on any atom is 0.264 e. The van der Waals surface area contributed by atoms with Gasteiger partial charge in [-0.15, -0.1) is 0 Å². The summed E-state index contributed by atoms with van der Waals surface area (Å²) in [7, 11) is 0. The summed E-state index contributed by atoms with van der Waals surface area (Å²) in [6.45, 7) is 2.01. The molecule has 2 aliphatic heterocycles. The lowest BCUT2D eigenvalue weighted by Crippen LogP contribution is -2.54. The summed E-state index contributed by atoms with van der Waals surface area (Å²) in [5, 5.41) is 11.3. The zero-order valence-electron chi connectivity index (χ0n) is 36.5. The second-order valence-corrected chi connectivity index (χ2v) is 16.2. The normalized spacial score (nSPS) is 15.1. The largest absolute Gasteiger partial charge is 0.398 e. The highest BCUT2D eigenvalue weighted by molar-refractivity contribution is 6.31. The van der Waals surface area contributed by atoms with Crippen LogP contribution in [0.5, 0.6) is 0 Å². The lowest BCUT2D eigenvalue weighted by atomic mass is 9.98. The van der Waals surface area contributed by atoms with Gasteiger partial charge in [-0.3, -0.25) is 44.3 Å². The fourth-order valence-electron chi connectivity index (χ4n) is 7.64. The average molecular weight is 937 g/mol. The highest BCUT2D eigenvalue weighted by atomic mass is 35.5. The van der Waals surface area contributed by atoms with Gasteiger partial charge in [0.25, 0.3) is 17.7 Å². The molecule has 1 unspecified atom stereocenters. The molecule has 4 aromatic carbocycles. The van der Waals surface area contributed by atoms with Crippen molar-refractivity contribution in [3.05, 3.63) is 129 Å². The molecule has 6 amide bonds. The van der Waals surface area contributed by atoms with E-state index < -0.39 is 35.6 Å². The highest BCUT2D eigenvalue weighted by Gasteiger charge is 2.45. The van der Waals surface area contributed by atoms with E-state index >= 15 is 0 Å². The van der Waals surface area contributed by atoms with Gasteiger partial charge in [0.05, 0.1) is 48.6 Å². The molecule has 0 spiro atoms. The van der Waals surface area contributed by atoms with E-state index in [0.717, 1.165) is 28.9 Å². The monoisotopic (exact) mass is 936 g/mol. The molecule has 0 radical (unpaired) electrons. The number of nitrogens with zero attached hydrogens (tertiary/aromatic N) is 2. The van der Waals surface area contributed by atoms with Crippen LogP contribution in [0.3, 0.4) is 0 Å². The first kappa shape index (κ1) is 48.0. The predicted molar refractivity (Wildman–Crippen MR) is 247 cm³/mol. The van der Waals surface area contributed by atoms with Crippen LogP contribution >= 0.6 is 11.6 Å². The summed E-state index contributed by atoms with van der Waals surface area (Å²) in [5.41, 5.74) is 12.0. The fourth-order valence-corrected chi connectivity index (χ4v) is 7.81. The number of hydrogen-bond donors (Lipinski definition) is 6. The van der Waals surface area contributed by atoms with Crippen LogP contribution in [-0.4, -0.2) is 109 Å². The Labute approximate surface area is 389 Å². The van der Waals surface area contributed by atoms with Crippen molar-refractivity contribution in [1.29, 1.82) is 0 Å². The molecule has 5 aromatic rings. The number of imidazole rings is 1. The van der Waals surface area contributed by atoms with Crippen molar-refractivity contribution < 1.29 is 47.4 Å². The molecule has 0 bridgehead atoms. The third-order valence-electron chi connectivity index (χ3n) is 11.1. The number of ether oxygens (including phenoxy) is 3. The number of H-pyrrole nitrogens is 1. The lowest BCUT2D eigenvalue weighted by Gasteiger charge is -2.27. The number of aromatic nitrogens is 2. The number of aromatic amines is 1. The fraction of sp³-hybridized carbons (Fsp3) is 0.312. The Bertz CT molecular complexity index is 2660. The highest BCUT2D eigenvalue weighted by Crippen LogP contribution is 2.32. The third-order valence-corrected chi connectivity index (χ3v) is 11.3. The van der Waals surface area contributed by atoms with Gasteiger partial charge in [0.2, 0.25) is 23.7 Å². The topological polar surface area (TPSA) is 236 Å². The minimum atomic E-state index is -1.06. The van der Waals surface area contributed by atoms with Crippen LogP contribution < -0.4 is 27.0 Å². The van der Waals surface area contributed by atoms with Crippen LogP contribution in [0.4, 0.5) is 16.0 Å². The molecule has 2 aliphatic rings. The smallest absolute Gasteiger partial charge is 0.264 e. The Kier molecular flexibility index (Phi) is 16.4. The molecule has 7 rings (SSSR count). The van der Waals surface area contributed by atoms with Crippen molar-refractivity contribution in [2.75, 3.05) is 63.4 Å². The second kappa shape index (κ2) is 23.0. The first-order chi connectivity index (χ1) is 32.4. The van der Waals surface area contributed by atoms with Gasteiger partial charge in [-0.1, -0.05) is 54.1 Å². The maximum atomic E-state index is 13.6. The van der Waals surface area contributed by atoms with Crippen molar-refractivity contribution in [3.8, 4) is 0 Å². The van der Waals surface area contributed by atoms with E-state index in [2.05, 4.69) is 31.2 Å². The molecule has 17 nitrogen and oxygen atoms in total. The van der Waals surface area contributed by atoms with Crippen LogP contribution in [0.1, 0.15) is 63.1 Å². The minimum absolute atomic E-state index is 0.0289. The summed E-state index contributed by atoms with van der Waals surface area (Å²) in [6.07, 6.45) is 2.38. The number of halogens is 2. The van der Waals surface area contributed by atoms with Crippen LogP contribution in [0, 0.1) is 5.82 Å². The van der Waals surface area contributed by atoms with Crippen LogP contribution in [0.15, 0.2) is 90.5 Å². The van der Waals surface area contributed by atoms with E-state index in [1.807, 2.05) is 24.3 Å². The first-order valence-corrected chi connectivity index (χ1v) is 22.2. The predicted octanol–water partition coefficient (Wildman–Crippen LogP) is 4.91. The van der Waals surface area contributed by atoms with Gasteiger partial charge >= 0.3 is 0 Å². The Morgan fingerprint density at radius 3 is 2.33 bits per heavy atom. The van der Waals surface area contributed by atoms with Crippen LogP contribution in [0.2, 0.25) is 5.02 Å². The van der Waals surface area contributed by atoms with Gasteiger partial charge in [0.15, 0.2) is 0 Å². The summed E-state index contributed by atoms with van der Waals surface area (Å²) in [4.78, 5) is 84.6. The van der Waals surface area contributed by atoms with E-state index in [9.17, 15) is 33.2 Å². The van der Waals surface area contributed by atoms with E-state index in [-0.39, 0.29) is 74.6 Å². The van der Waals surface area contributed by atoms with Gasteiger partial charge in [-0.05, 0) is 91.3 Å². The molecular formula is C48H50ClFN8O9. The number of benzene rings is 4. The minimum Gasteiger partial charge on any atom is -0.398 e. The Hall–Kier alpha value is -6.99. The zero-order valence-corrected chi connectivity index (χ0v) is 37.2. The third kappa shape index (κ3) is 12.7. The Morgan fingerprint density at radius 1 is 0.851 bits per heavy atom. The Morgan fingerprint density at radius 2 is 1.57 bits per heavy atom. The summed E-state index contributed by atoms with van der Waals surface area (Å²) < 4.78 is 30.2. The average Bonchev–Trinajstić information content (AvgIpc) is 3.83. The number of rotatable bonds is 23. The molecular weight excluding hydrogens is 887 g/mol. The molecule has 0 saturated carbocycles. The SMILES string of the molecule is N/C(=C(/CCc1ccc(F)cc1)C(=O)Nc1nc2ccc(Cl)cc2[nH]1)c1ccc(CCCOCCOCCOCC(=O)NCCNc2cccc3c2C(=O)N(C2CCC(=O)NC2=O)C3=O)cc1. The number of imide groups is 2. The standard InChI is InChI=1S/C48H50ClFN8O9/c49-32-13-17-36-38(27-32)55-48(54-36)57-44(61)35(16-10-30-8-14-33(50)15-9-30)43(51)31-11-6-29(7-12-31)3-2-22-65-23-24-66-25-26-67-28-41(60)53-21-20-52-37-5-1-4-34-42(37)47(64)58(46(34)63)39-18-19-40(59)56-45(39)62/h1,4-9,11-15,17,27,39,52H,2-3,10,16,18-26,28,51H2,(H,53,60)(H,56,59,62)(H2,54,55,57,61)/b43-35-. The molecule has 1 aromatic heterocycles. The molecule has 1 saturated heterocycles.